The summed E-state index contributed by atoms with van der Waals surface area (Å²) in [5, 5.41) is 12.9. The minimum atomic E-state index is -0.869. The zero-order valence-electron chi connectivity index (χ0n) is 15.5. The molecule has 1 N–H and O–H groups in total. The van der Waals surface area contributed by atoms with E-state index in [1.54, 1.807) is 28.0 Å². The fraction of sp³-hybridized carbons (Fsp3) is 0.667. The van der Waals surface area contributed by atoms with Gasteiger partial charge in [-0.3, -0.25) is 14.3 Å². The Morgan fingerprint density at radius 3 is 2.70 bits per heavy atom. The number of carbonyl (C=O) groups is 3. The Morgan fingerprint density at radius 2 is 2.11 bits per heavy atom. The van der Waals surface area contributed by atoms with Crippen LogP contribution in [0.25, 0.3) is 0 Å². The number of carboxylic acids is 1. The molecule has 2 aliphatic heterocycles. The third-order valence-corrected chi connectivity index (χ3v) is 5.36. The highest BCUT2D eigenvalue weighted by atomic mass is 16.6. The molecule has 0 aliphatic carbocycles. The predicted molar refractivity (Wildman–Crippen MR) is 95.0 cm³/mol. The largest absolute Gasteiger partial charge is 0.481 e. The van der Waals surface area contributed by atoms with Gasteiger partial charge in [0.1, 0.15) is 11.6 Å². The Hall–Kier alpha value is -2.58. The smallest absolute Gasteiger partial charge is 0.410 e. The number of carbonyl (C=O) groups excluding carboxylic acids is 2. The normalized spacial score (nSPS) is 20.0. The van der Waals surface area contributed by atoms with Crippen molar-refractivity contribution in [1.82, 2.24) is 19.6 Å². The molecule has 1 aromatic heterocycles. The van der Waals surface area contributed by atoms with E-state index in [0.29, 0.717) is 51.9 Å². The van der Waals surface area contributed by atoms with E-state index in [1.807, 2.05) is 11.8 Å². The van der Waals surface area contributed by atoms with Crippen LogP contribution in [-0.2, 0) is 14.3 Å². The minimum absolute atomic E-state index is 0.0326. The van der Waals surface area contributed by atoms with Crippen LogP contribution in [0.15, 0.2) is 18.5 Å². The second-order valence-electron chi connectivity index (χ2n) is 7.21. The SMILES string of the molecule is CCC(C(=O)N1CCC2(CC1)CN(CCCC(=O)O)C(=O)O2)n1cccn1. The maximum atomic E-state index is 12.9. The van der Waals surface area contributed by atoms with Crippen LogP contribution in [0.5, 0.6) is 0 Å². The van der Waals surface area contributed by atoms with Crippen LogP contribution in [0.1, 0.15) is 45.1 Å². The van der Waals surface area contributed by atoms with E-state index in [-0.39, 0.29) is 24.5 Å². The molecular weight excluding hydrogens is 352 g/mol. The fourth-order valence-electron chi connectivity index (χ4n) is 3.83. The first-order chi connectivity index (χ1) is 12.9. The fourth-order valence-corrected chi connectivity index (χ4v) is 3.83. The second kappa shape index (κ2) is 7.98. The highest BCUT2D eigenvalue weighted by Gasteiger charge is 2.47. The quantitative estimate of drug-likeness (QED) is 0.771. The molecule has 1 aromatic rings. The highest BCUT2D eigenvalue weighted by molar-refractivity contribution is 5.80. The first-order valence-electron chi connectivity index (χ1n) is 9.42. The van der Waals surface area contributed by atoms with Crippen molar-refractivity contribution in [3.05, 3.63) is 18.5 Å². The van der Waals surface area contributed by atoms with Crippen molar-refractivity contribution in [2.45, 2.75) is 50.7 Å². The third kappa shape index (κ3) is 4.23. The molecule has 1 unspecified atom stereocenters. The molecule has 0 aromatic carbocycles. The lowest BCUT2D eigenvalue weighted by atomic mass is 9.91. The number of aliphatic carboxylic acids is 1. The lowest BCUT2D eigenvalue weighted by molar-refractivity contribution is -0.139. The van der Waals surface area contributed by atoms with Crippen molar-refractivity contribution in [1.29, 1.82) is 0 Å². The number of amides is 2. The Bertz CT molecular complexity index is 682. The van der Waals surface area contributed by atoms with Crippen molar-refractivity contribution in [3.63, 3.8) is 0 Å². The lowest BCUT2D eigenvalue weighted by Crippen LogP contribution is -2.50. The van der Waals surface area contributed by atoms with Gasteiger partial charge >= 0.3 is 12.1 Å². The monoisotopic (exact) mass is 378 g/mol. The van der Waals surface area contributed by atoms with Crippen molar-refractivity contribution >= 4 is 18.0 Å². The molecule has 2 aliphatic rings. The molecule has 27 heavy (non-hydrogen) atoms. The maximum Gasteiger partial charge on any atom is 0.410 e. The van der Waals surface area contributed by atoms with Gasteiger partial charge in [-0.25, -0.2) is 4.79 Å². The Balaban J connectivity index is 1.54. The number of likely N-dealkylation sites (tertiary alicyclic amines) is 1. The molecule has 0 bridgehead atoms. The average molecular weight is 378 g/mol. The molecule has 9 nitrogen and oxygen atoms in total. The molecule has 1 atom stereocenters. The minimum Gasteiger partial charge on any atom is -0.481 e. The molecule has 9 heteroatoms. The lowest BCUT2D eigenvalue weighted by Gasteiger charge is -2.38. The van der Waals surface area contributed by atoms with E-state index in [4.69, 9.17) is 9.84 Å². The van der Waals surface area contributed by atoms with Crippen LogP contribution in [0, 0.1) is 0 Å². The van der Waals surface area contributed by atoms with Gasteiger partial charge in [0.05, 0.1) is 6.54 Å². The van der Waals surface area contributed by atoms with Crippen LogP contribution in [-0.4, -0.2) is 74.4 Å². The first-order valence-corrected chi connectivity index (χ1v) is 9.42. The summed E-state index contributed by atoms with van der Waals surface area (Å²) in [6.45, 7) is 3.87. The number of nitrogens with zero attached hydrogens (tertiary/aromatic N) is 4. The summed E-state index contributed by atoms with van der Waals surface area (Å²) in [6, 6.07) is 1.49. The standard InChI is InChI=1S/C18H26N4O5/c1-2-14(22-10-4-8-19-22)16(25)20-11-6-18(7-12-20)13-21(17(26)27-18)9-3-5-15(23)24/h4,8,10,14H,2-3,5-7,9,11-13H2,1H3,(H,23,24). The van der Waals surface area contributed by atoms with Crippen LogP contribution >= 0.6 is 0 Å². The van der Waals surface area contributed by atoms with Gasteiger partial charge in [0.15, 0.2) is 0 Å². The zero-order valence-corrected chi connectivity index (χ0v) is 15.5. The van der Waals surface area contributed by atoms with E-state index in [0.717, 1.165) is 0 Å². The highest BCUT2D eigenvalue weighted by Crippen LogP contribution is 2.34. The summed E-state index contributed by atoms with van der Waals surface area (Å²) in [4.78, 5) is 39.0. The summed E-state index contributed by atoms with van der Waals surface area (Å²) < 4.78 is 7.32. The predicted octanol–water partition coefficient (Wildman–Crippen LogP) is 1.51. The van der Waals surface area contributed by atoms with Gasteiger partial charge in [-0.2, -0.15) is 5.10 Å². The summed E-state index contributed by atoms with van der Waals surface area (Å²) >= 11 is 0. The molecule has 148 valence electrons. The molecular formula is C18H26N4O5. The van der Waals surface area contributed by atoms with E-state index >= 15 is 0 Å². The average Bonchev–Trinajstić information content (AvgIpc) is 3.25. The summed E-state index contributed by atoms with van der Waals surface area (Å²) in [5.74, 6) is -0.828. The van der Waals surface area contributed by atoms with Gasteiger partial charge < -0.3 is 19.6 Å². The molecule has 3 rings (SSSR count). The molecule has 2 saturated heterocycles. The van der Waals surface area contributed by atoms with Crippen LogP contribution in [0.2, 0.25) is 0 Å². The van der Waals surface area contributed by atoms with E-state index in [9.17, 15) is 14.4 Å². The van der Waals surface area contributed by atoms with Gasteiger partial charge in [-0.15, -0.1) is 0 Å². The van der Waals surface area contributed by atoms with Crippen LogP contribution in [0.3, 0.4) is 0 Å². The Kier molecular flexibility index (Phi) is 5.67. The maximum absolute atomic E-state index is 12.9. The van der Waals surface area contributed by atoms with Crippen LogP contribution < -0.4 is 0 Å². The molecule has 2 amide bonds. The molecule has 2 fully saturated rings. The number of piperidine rings is 1. The summed E-state index contributed by atoms with van der Waals surface area (Å²) in [7, 11) is 0. The van der Waals surface area contributed by atoms with Gasteiger partial charge in [0, 0.05) is 51.3 Å². The Morgan fingerprint density at radius 1 is 1.37 bits per heavy atom. The van der Waals surface area contributed by atoms with E-state index in [2.05, 4.69) is 5.10 Å². The first kappa shape index (κ1) is 19.2. The number of hydrogen-bond donors (Lipinski definition) is 1. The summed E-state index contributed by atoms with van der Waals surface area (Å²) in [6.07, 6.45) is 5.36. The zero-order chi connectivity index (χ0) is 19.4. The van der Waals surface area contributed by atoms with Gasteiger partial charge in [-0.1, -0.05) is 6.92 Å². The number of hydrogen-bond acceptors (Lipinski definition) is 5. The van der Waals surface area contributed by atoms with Crippen molar-refractivity contribution in [2.75, 3.05) is 26.2 Å². The topological polar surface area (TPSA) is 105 Å². The third-order valence-electron chi connectivity index (χ3n) is 5.36. The molecule has 0 saturated carbocycles. The van der Waals surface area contributed by atoms with Crippen molar-refractivity contribution in [2.24, 2.45) is 0 Å². The van der Waals surface area contributed by atoms with Crippen molar-refractivity contribution in [3.8, 4) is 0 Å². The van der Waals surface area contributed by atoms with E-state index < -0.39 is 11.6 Å². The van der Waals surface area contributed by atoms with Gasteiger partial charge in [-0.05, 0) is 18.9 Å². The van der Waals surface area contributed by atoms with Crippen LogP contribution in [0.4, 0.5) is 4.79 Å². The van der Waals surface area contributed by atoms with E-state index in [1.165, 1.54) is 0 Å². The number of aromatic nitrogens is 2. The number of rotatable bonds is 7. The second-order valence-corrected chi connectivity index (χ2v) is 7.21. The summed E-state index contributed by atoms with van der Waals surface area (Å²) in [5.41, 5.74) is -0.565. The molecule has 3 heterocycles. The Labute approximate surface area is 157 Å². The molecule has 1 spiro atoms. The van der Waals surface area contributed by atoms with Gasteiger partial charge in [0.25, 0.3) is 0 Å². The van der Waals surface area contributed by atoms with Crippen molar-refractivity contribution < 1.29 is 24.2 Å². The molecule has 0 radical (unpaired) electrons. The number of ether oxygens (including phenoxy) is 1. The van der Waals surface area contributed by atoms with Gasteiger partial charge in [0.2, 0.25) is 5.91 Å². The number of carboxylic acid groups (broad SMARTS) is 1.